The number of hydrogen-bond donors (Lipinski definition) is 3. The second-order valence-electron chi connectivity index (χ2n) is 5.95. The van der Waals surface area contributed by atoms with Crippen molar-refractivity contribution in [2.45, 2.75) is 19.5 Å². The number of hydrogen-bond acceptors (Lipinski definition) is 6. The first-order valence-corrected chi connectivity index (χ1v) is 7.96. The Morgan fingerprint density at radius 2 is 1.80 bits per heavy atom. The number of amides is 4. The average Bonchev–Trinajstić information content (AvgIpc) is 3.02. The number of benzene rings is 1. The minimum Gasteiger partial charge on any atom is -0.349 e. The molecule has 0 bridgehead atoms. The van der Waals surface area contributed by atoms with Crippen LogP contribution in [0.25, 0.3) is 0 Å². The first-order valence-electron chi connectivity index (χ1n) is 7.96. The van der Waals surface area contributed by atoms with Crippen molar-refractivity contribution in [1.29, 1.82) is 0 Å². The van der Waals surface area contributed by atoms with E-state index in [1.54, 1.807) is 0 Å². The highest BCUT2D eigenvalue weighted by Gasteiger charge is 2.33. The molecule has 25 heavy (non-hydrogen) atoms. The van der Waals surface area contributed by atoms with Gasteiger partial charge in [0.15, 0.2) is 0 Å². The van der Waals surface area contributed by atoms with Crippen LogP contribution in [-0.4, -0.2) is 48.1 Å². The number of carbonyl (C=O) groups is 3. The first kappa shape index (κ1) is 18.7. The molecule has 136 valence electrons. The number of nitrogens with zero attached hydrogens (tertiary/aromatic N) is 2. The highest BCUT2D eigenvalue weighted by molar-refractivity contribution is 5.92. The fraction of sp³-hybridized carbons (Fsp3) is 0.438. The van der Waals surface area contributed by atoms with Gasteiger partial charge in [-0.15, -0.1) is 0 Å². The van der Waals surface area contributed by atoms with E-state index in [0.29, 0.717) is 26.1 Å². The number of urea groups is 2. The lowest BCUT2D eigenvalue weighted by molar-refractivity contribution is -0.171. The fourth-order valence-corrected chi connectivity index (χ4v) is 2.76. The Morgan fingerprint density at radius 3 is 2.36 bits per heavy atom. The fourth-order valence-electron chi connectivity index (χ4n) is 2.76. The third-order valence-electron chi connectivity index (χ3n) is 4.00. The number of primary amides is 2. The molecular formula is C16H23N5O4. The van der Waals surface area contributed by atoms with E-state index in [-0.39, 0.29) is 5.06 Å². The summed E-state index contributed by atoms with van der Waals surface area (Å²) in [5, 5.41) is 3.17. The molecule has 0 aromatic heterocycles. The van der Waals surface area contributed by atoms with Crippen molar-refractivity contribution in [1.82, 2.24) is 15.3 Å². The van der Waals surface area contributed by atoms with Gasteiger partial charge < -0.3 is 21.6 Å². The molecule has 0 spiro atoms. The molecule has 9 nitrogen and oxygen atoms in total. The maximum atomic E-state index is 12.1. The van der Waals surface area contributed by atoms with E-state index in [4.69, 9.17) is 16.3 Å². The van der Waals surface area contributed by atoms with Crippen LogP contribution in [0, 0.1) is 5.92 Å². The van der Waals surface area contributed by atoms with Gasteiger partial charge in [-0.05, 0) is 31.1 Å². The predicted octanol–water partition coefficient (Wildman–Crippen LogP) is 0.146. The lowest BCUT2D eigenvalue weighted by Gasteiger charge is -2.18. The number of likely N-dealkylation sites (tertiary alicyclic amines) is 1. The molecule has 9 heteroatoms. The lowest BCUT2D eigenvalue weighted by Crippen LogP contribution is -2.46. The zero-order chi connectivity index (χ0) is 18.4. The van der Waals surface area contributed by atoms with Crippen molar-refractivity contribution in [2.24, 2.45) is 17.4 Å². The summed E-state index contributed by atoms with van der Waals surface area (Å²) in [6.07, 6.45) is 0.571. The Kier molecular flexibility index (Phi) is 6.31. The van der Waals surface area contributed by atoms with Gasteiger partial charge in [0, 0.05) is 19.6 Å². The third kappa shape index (κ3) is 5.16. The predicted molar refractivity (Wildman–Crippen MR) is 89.7 cm³/mol. The van der Waals surface area contributed by atoms with Gasteiger partial charge >= 0.3 is 18.0 Å². The Hall–Kier alpha value is -2.65. The van der Waals surface area contributed by atoms with Crippen LogP contribution in [0.15, 0.2) is 24.3 Å². The molecule has 4 amide bonds. The molecule has 1 aromatic carbocycles. The van der Waals surface area contributed by atoms with Crippen LogP contribution < -0.4 is 16.8 Å². The average molecular weight is 349 g/mol. The van der Waals surface area contributed by atoms with Gasteiger partial charge in [-0.25, -0.2) is 14.4 Å². The van der Waals surface area contributed by atoms with Crippen molar-refractivity contribution in [3.63, 3.8) is 0 Å². The second kappa shape index (κ2) is 8.45. The van der Waals surface area contributed by atoms with Gasteiger partial charge in [0.25, 0.3) is 0 Å². The van der Waals surface area contributed by atoms with E-state index in [0.717, 1.165) is 12.1 Å². The van der Waals surface area contributed by atoms with E-state index in [9.17, 15) is 14.4 Å². The molecule has 1 aliphatic heterocycles. The van der Waals surface area contributed by atoms with E-state index < -0.39 is 23.9 Å². The molecule has 1 fully saturated rings. The molecule has 2 rings (SSSR count). The van der Waals surface area contributed by atoms with E-state index in [1.165, 1.54) is 5.56 Å². The van der Waals surface area contributed by atoms with Gasteiger partial charge in [-0.1, -0.05) is 29.3 Å². The molecule has 1 saturated heterocycles. The third-order valence-corrected chi connectivity index (χ3v) is 4.00. The van der Waals surface area contributed by atoms with Crippen molar-refractivity contribution < 1.29 is 19.2 Å². The Morgan fingerprint density at radius 1 is 1.20 bits per heavy atom. The molecular weight excluding hydrogens is 326 g/mol. The molecule has 5 N–H and O–H groups in total. The summed E-state index contributed by atoms with van der Waals surface area (Å²) in [6.45, 7) is 2.71. The van der Waals surface area contributed by atoms with Gasteiger partial charge in [0.2, 0.25) is 0 Å². The van der Waals surface area contributed by atoms with Crippen LogP contribution in [-0.2, 0) is 22.7 Å². The van der Waals surface area contributed by atoms with Crippen molar-refractivity contribution in [3.8, 4) is 0 Å². The number of rotatable bonds is 5. The summed E-state index contributed by atoms with van der Waals surface area (Å²) in [7, 11) is 1.90. The van der Waals surface area contributed by atoms with Crippen LogP contribution in [0.3, 0.4) is 0 Å². The number of carbonyl (C=O) groups excluding carboxylic acids is 3. The second-order valence-corrected chi connectivity index (χ2v) is 5.95. The van der Waals surface area contributed by atoms with E-state index in [2.05, 4.69) is 34.5 Å². The zero-order valence-corrected chi connectivity index (χ0v) is 14.1. The standard InChI is InChI=1S/C16H23N5O4/c1-19-8-11-2-4-12(5-3-11)9-20-7-6-13(10-20)14(22)25-21(15(17)23)16(18)24/h2-5,13,19H,6-10H2,1H3,(H2,17,23)(H2,18,24). The quantitative estimate of drug-likeness (QED) is 0.648. The largest absolute Gasteiger partial charge is 0.357 e. The number of imide groups is 1. The number of nitrogens with two attached hydrogens (primary N) is 2. The Labute approximate surface area is 145 Å². The molecule has 1 unspecified atom stereocenters. The highest BCUT2D eigenvalue weighted by Crippen LogP contribution is 2.20. The summed E-state index contributed by atoms with van der Waals surface area (Å²) in [4.78, 5) is 40.9. The smallest absolute Gasteiger partial charge is 0.349 e. The SMILES string of the molecule is CNCc1ccc(CN2CCC(C(=O)ON(C(N)=O)C(N)=O)C2)cc1. The number of hydroxylamine groups is 2. The molecule has 0 aliphatic carbocycles. The van der Waals surface area contributed by atoms with Crippen molar-refractivity contribution in [3.05, 3.63) is 35.4 Å². The molecule has 1 aliphatic rings. The van der Waals surface area contributed by atoms with Gasteiger partial charge in [-0.3, -0.25) is 4.90 Å². The summed E-state index contributed by atoms with van der Waals surface area (Å²) < 4.78 is 0. The maximum absolute atomic E-state index is 12.1. The summed E-state index contributed by atoms with van der Waals surface area (Å²) in [5.41, 5.74) is 12.2. The minimum atomic E-state index is -1.22. The number of nitrogens with one attached hydrogen (secondary N) is 1. The van der Waals surface area contributed by atoms with Crippen LogP contribution in [0.4, 0.5) is 9.59 Å². The molecule has 1 aromatic rings. The summed E-state index contributed by atoms with van der Waals surface area (Å²) in [5.74, 6) is -1.13. The van der Waals surface area contributed by atoms with Gasteiger partial charge in [0.1, 0.15) is 0 Å². The van der Waals surface area contributed by atoms with E-state index in [1.807, 2.05) is 7.05 Å². The summed E-state index contributed by atoms with van der Waals surface area (Å²) in [6, 6.07) is 5.78. The van der Waals surface area contributed by atoms with Crippen molar-refractivity contribution >= 4 is 18.0 Å². The van der Waals surface area contributed by atoms with Crippen LogP contribution in [0.2, 0.25) is 0 Å². The van der Waals surface area contributed by atoms with E-state index >= 15 is 0 Å². The first-order chi connectivity index (χ1) is 11.9. The molecule has 0 saturated carbocycles. The van der Waals surface area contributed by atoms with Gasteiger partial charge in [0.05, 0.1) is 5.92 Å². The van der Waals surface area contributed by atoms with Gasteiger partial charge in [-0.2, -0.15) is 0 Å². The normalized spacial score (nSPS) is 17.2. The Balaban J connectivity index is 1.87. The molecule has 1 atom stereocenters. The highest BCUT2D eigenvalue weighted by atomic mass is 16.7. The van der Waals surface area contributed by atoms with Crippen molar-refractivity contribution in [2.75, 3.05) is 20.1 Å². The molecule has 1 heterocycles. The van der Waals surface area contributed by atoms with Crippen LogP contribution in [0.5, 0.6) is 0 Å². The maximum Gasteiger partial charge on any atom is 0.357 e. The monoisotopic (exact) mass is 349 g/mol. The van der Waals surface area contributed by atoms with Crippen LogP contribution in [0.1, 0.15) is 17.5 Å². The van der Waals surface area contributed by atoms with Crippen LogP contribution >= 0.6 is 0 Å². The molecule has 0 radical (unpaired) electrons. The summed E-state index contributed by atoms with van der Waals surface area (Å²) >= 11 is 0. The Bertz CT molecular complexity index is 620. The minimum absolute atomic E-state index is 0.0749. The topological polar surface area (TPSA) is 131 Å². The lowest BCUT2D eigenvalue weighted by atomic mass is 10.1. The zero-order valence-electron chi connectivity index (χ0n) is 14.1.